The average molecular weight is 390 g/mol. The molecule has 5 nitrogen and oxygen atoms in total. The Labute approximate surface area is 132 Å². The number of halogens is 1. The summed E-state index contributed by atoms with van der Waals surface area (Å²) < 4.78 is 1.13. The van der Waals surface area contributed by atoms with Crippen molar-refractivity contribution in [1.82, 2.24) is 5.48 Å². The van der Waals surface area contributed by atoms with E-state index in [9.17, 15) is 9.59 Å². The lowest BCUT2D eigenvalue weighted by molar-refractivity contribution is -0.129. The van der Waals surface area contributed by atoms with Crippen LogP contribution >= 0.6 is 22.6 Å². The van der Waals surface area contributed by atoms with Crippen molar-refractivity contribution in [2.45, 2.75) is 38.5 Å². The molecule has 0 aromatic heterocycles. The van der Waals surface area contributed by atoms with Crippen molar-refractivity contribution in [2.75, 3.05) is 5.32 Å². The van der Waals surface area contributed by atoms with Crippen molar-refractivity contribution in [3.05, 3.63) is 27.8 Å². The third-order valence-corrected chi connectivity index (χ3v) is 3.53. The molecule has 20 heavy (non-hydrogen) atoms. The molecule has 2 amide bonds. The number of hydrogen-bond donors (Lipinski definition) is 3. The minimum Gasteiger partial charge on any atom is -0.326 e. The number of carbonyl (C=O) groups is 2. The molecular formula is C14H19IN2O3. The molecule has 3 N–H and O–H groups in total. The van der Waals surface area contributed by atoms with Gasteiger partial charge in [-0.3, -0.25) is 14.8 Å². The summed E-state index contributed by atoms with van der Waals surface area (Å²) in [5.74, 6) is -0.347. The molecule has 0 heterocycles. The van der Waals surface area contributed by atoms with Gasteiger partial charge in [0.15, 0.2) is 0 Å². The third-order valence-electron chi connectivity index (χ3n) is 2.81. The first-order chi connectivity index (χ1) is 9.61. The second kappa shape index (κ2) is 9.71. The third kappa shape index (κ3) is 7.44. The van der Waals surface area contributed by atoms with E-state index in [1.165, 1.54) is 0 Å². The molecule has 0 aliphatic rings. The zero-order chi connectivity index (χ0) is 14.8. The standard InChI is InChI=1S/C14H19IN2O3/c15-11-7-9-12(10-8-11)16-13(18)5-3-1-2-4-6-14(19)17-20/h7-10,20H,1-6H2,(H,16,18)(H,17,19). The zero-order valence-electron chi connectivity index (χ0n) is 11.2. The van der Waals surface area contributed by atoms with E-state index >= 15 is 0 Å². The van der Waals surface area contributed by atoms with E-state index in [4.69, 9.17) is 5.21 Å². The molecule has 1 aromatic rings. The monoisotopic (exact) mass is 390 g/mol. The number of hydrogen-bond acceptors (Lipinski definition) is 3. The minimum absolute atomic E-state index is 0.0132. The number of unbranched alkanes of at least 4 members (excludes halogenated alkanes) is 3. The Balaban J connectivity index is 2.08. The van der Waals surface area contributed by atoms with Crippen LogP contribution in [0.5, 0.6) is 0 Å². The van der Waals surface area contributed by atoms with Crippen molar-refractivity contribution >= 4 is 40.1 Å². The molecule has 0 unspecified atom stereocenters. The fourth-order valence-electron chi connectivity index (χ4n) is 1.74. The van der Waals surface area contributed by atoms with E-state index in [1.807, 2.05) is 24.3 Å². The largest absolute Gasteiger partial charge is 0.326 e. The maximum atomic E-state index is 11.7. The highest BCUT2D eigenvalue weighted by Crippen LogP contribution is 2.12. The van der Waals surface area contributed by atoms with E-state index in [1.54, 1.807) is 5.48 Å². The van der Waals surface area contributed by atoms with Crippen molar-refractivity contribution in [3.63, 3.8) is 0 Å². The summed E-state index contributed by atoms with van der Waals surface area (Å²) in [7, 11) is 0. The van der Waals surface area contributed by atoms with Crippen LogP contribution in [0.2, 0.25) is 0 Å². The van der Waals surface area contributed by atoms with Gasteiger partial charge in [0.05, 0.1) is 0 Å². The van der Waals surface area contributed by atoms with E-state index < -0.39 is 0 Å². The van der Waals surface area contributed by atoms with Crippen LogP contribution in [0.25, 0.3) is 0 Å². The normalized spacial score (nSPS) is 10.1. The molecule has 0 radical (unpaired) electrons. The summed E-state index contributed by atoms with van der Waals surface area (Å²) in [6.45, 7) is 0. The Morgan fingerprint density at radius 3 is 2.05 bits per heavy atom. The topological polar surface area (TPSA) is 78.4 Å². The predicted octanol–water partition coefficient (Wildman–Crippen LogP) is 3.08. The van der Waals surface area contributed by atoms with Gasteiger partial charge in [-0.2, -0.15) is 0 Å². The molecule has 0 saturated heterocycles. The highest BCUT2D eigenvalue weighted by atomic mass is 127. The number of hydroxylamine groups is 1. The van der Waals surface area contributed by atoms with Crippen LogP contribution in [0.1, 0.15) is 38.5 Å². The second-order valence-corrected chi connectivity index (χ2v) is 5.75. The van der Waals surface area contributed by atoms with Gasteiger partial charge in [-0.15, -0.1) is 0 Å². The van der Waals surface area contributed by atoms with Crippen LogP contribution in [-0.4, -0.2) is 17.0 Å². The lowest BCUT2D eigenvalue weighted by atomic mass is 10.1. The molecular weight excluding hydrogens is 371 g/mol. The molecule has 1 rings (SSSR count). The first-order valence-corrected chi connectivity index (χ1v) is 7.68. The van der Waals surface area contributed by atoms with Gasteiger partial charge in [0, 0.05) is 22.1 Å². The molecule has 6 heteroatoms. The zero-order valence-corrected chi connectivity index (χ0v) is 13.4. The van der Waals surface area contributed by atoms with Crippen molar-refractivity contribution in [3.8, 4) is 0 Å². The first-order valence-electron chi connectivity index (χ1n) is 6.60. The van der Waals surface area contributed by atoms with Gasteiger partial charge < -0.3 is 5.32 Å². The van der Waals surface area contributed by atoms with Crippen LogP contribution in [0.15, 0.2) is 24.3 Å². The summed E-state index contributed by atoms with van der Waals surface area (Å²) in [5, 5.41) is 11.2. The first kappa shape index (κ1) is 16.9. The van der Waals surface area contributed by atoms with Crippen molar-refractivity contribution in [1.29, 1.82) is 0 Å². The van der Waals surface area contributed by atoms with Gasteiger partial charge in [0.25, 0.3) is 0 Å². The summed E-state index contributed by atoms with van der Waals surface area (Å²) in [6, 6.07) is 7.66. The number of benzene rings is 1. The van der Waals surface area contributed by atoms with E-state index in [-0.39, 0.29) is 11.8 Å². The molecule has 0 bridgehead atoms. The smallest absolute Gasteiger partial charge is 0.243 e. The maximum absolute atomic E-state index is 11.7. The molecule has 0 fully saturated rings. The van der Waals surface area contributed by atoms with Crippen LogP contribution in [0.3, 0.4) is 0 Å². The minimum atomic E-state index is -0.360. The van der Waals surface area contributed by atoms with Crippen molar-refractivity contribution < 1.29 is 14.8 Å². The quantitative estimate of drug-likeness (QED) is 0.276. The van der Waals surface area contributed by atoms with Crippen LogP contribution < -0.4 is 10.8 Å². The number of anilines is 1. The molecule has 1 aromatic carbocycles. The molecule has 0 saturated carbocycles. The van der Waals surface area contributed by atoms with Gasteiger partial charge in [0.1, 0.15) is 0 Å². The number of rotatable bonds is 8. The highest BCUT2D eigenvalue weighted by molar-refractivity contribution is 14.1. The van der Waals surface area contributed by atoms with E-state index in [0.29, 0.717) is 12.8 Å². The SMILES string of the molecule is O=C(CCCCCCC(=O)Nc1ccc(I)cc1)NO. The summed E-state index contributed by atoms with van der Waals surface area (Å²) in [4.78, 5) is 22.4. The van der Waals surface area contributed by atoms with Gasteiger partial charge in [-0.25, -0.2) is 5.48 Å². The van der Waals surface area contributed by atoms with Gasteiger partial charge in [-0.05, 0) is 59.7 Å². The Bertz CT molecular complexity index is 435. The van der Waals surface area contributed by atoms with Crippen LogP contribution in [-0.2, 0) is 9.59 Å². The fraction of sp³-hybridized carbons (Fsp3) is 0.429. The number of nitrogens with one attached hydrogen (secondary N) is 2. The Morgan fingerprint density at radius 1 is 0.950 bits per heavy atom. The summed E-state index contributed by atoms with van der Waals surface area (Å²) in [6.07, 6.45) is 4.12. The van der Waals surface area contributed by atoms with Crippen LogP contribution in [0, 0.1) is 3.57 Å². The summed E-state index contributed by atoms with van der Waals surface area (Å²) >= 11 is 2.22. The molecule has 0 aliphatic heterocycles. The van der Waals surface area contributed by atoms with Gasteiger partial charge >= 0.3 is 0 Å². The lowest BCUT2D eigenvalue weighted by Gasteiger charge is -2.05. The van der Waals surface area contributed by atoms with Crippen LogP contribution in [0.4, 0.5) is 5.69 Å². The maximum Gasteiger partial charge on any atom is 0.243 e. The van der Waals surface area contributed by atoms with Gasteiger partial charge in [-0.1, -0.05) is 12.8 Å². The molecule has 0 spiro atoms. The summed E-state index contributed by atoms with van der Waals surface area (Å²) in [5.41, 5.74) is 2.42. The van der Waals surface area contributed by atoms with E-state index in [0.717, 1.165) is 34.9 Å². The average Bonchev–Trinajstić information content (AvgIpc) is 2.44. The second-order valence-electron chi connectivity index (χ2n) is 4.50. The molecule has 0 aliphatic carbocycles. The number of carbonyl (C=O) groups excluding carboxylic acids is 2. The Kier molecular flexibility index (Phi) is 8.20. The molecule has 0 atom stereocenters. The van der Waals surface area contributed by atoms with Gasteiger partial charge in [0.2, 0.25) is 11.8 Å². The number of amides is 2. The lowest BCUT2D eigenvalue weighted by Crippen LogP contribution is -2.17. The highest BCUT2D eigenvalue weighted by Gasteiger charge is 2.03. The Hall–Kier alpha value is -1.15. The molecule has 110 valence electrons. The van der Waals surface area contributed by atoms with E-state index in [2.05, 4.69) is 27.9 Å². The fourth-order valence-corrected chi connectivity index (χ4v) is 2.10. The Morgan fingerprint density at radius 2 is 1.50 bits per heavy atom. The van der Waals surface area contributed by atoms with Crippen molar-refractivity contribution in [2.24, 2.45) is 0 Å². The predicted molar refractivity (Wildman–Crippen MR) is 85.4 cm³/mol.